The van der Waals surface area contributed by atoms with Gasteiger partial charge in [-0.25, -0.2) is 4.98 Å². The maximum atomic E-state index is 12.3. The molecule has 3 N–H and O–H groups in total. The van der Waals surface area contributed by atoms with Crippen LogP contribution in [0.25, 0.3) is 0 Å². The third-order valence-electron chi connectivity index (χ3n) is 3.86. The van der Waals surface area contributed by atoms with Crippen molar-refractivity contribution in [1.29, 1.82) is 0 Å². The molecular formula is C14H21N7OS. The van der Waals surface area contributed by atoms with E-state index in [0.29, 0.717) is 6.54 Å². The molecule has 0 radical (unpaired) electrons. The Morgan fingerprint density at radius 1 is 1.52 bits per heavy atom. The zero-order valence-corrected chi connectivity index (χ0v) is 14.1. The number of hydrogen-bond donors (Lipinski definition) is 3. The van der Waals surface area contributed by atoms with Crippen molar-refractivity contribution in [3.05, 3.63) is 23.5 Å². The lowest BCUT2D eigenvalue weighted by atomic mass is 10.1. The van der Waals surface area contributed by atoms with Crippen LogP contribution in [0, 0.1) is 6.92 Å². The smallest absolute Gasteiger partial charge is 0.243 e. The third kappa shape index (κ3) is 3.40. The number of thioether (sulfide) groups is 1. The predicted molar refractivity (Wildman–Crippen MR) is 87.2 cm³/mol. The number of aromatic nitrogens is 5. The zero-order chi connectivity index (χ0) is 16.2. The second-order valence-corrected chi connectivity index (χ2v) is 6.38. The first kappa shape index (κ1) is 16.0. The molecule has 1 aliphatic heterocycles. The summed E-state index contributed by atoms with van der Waals surface area (Å²) in [5, 5.41) is 15.3. The van der Waals surface area contributed by atoms with Crippen molar-refractivity contribution in [2.75, 3.05) is 18.8 Å². The van der Waals surface area contributed by atoms with Crippen LogP contribution in [-0.4, -0.2) is 49.5 Å². The SMILES string of the molecule is CCn1c(C)nnc1SCCNC(=O)[C@@H]1NCCc2[nH]cnc21. The summed E-state index contributed by atoms with van der Waals surface area (Å²) >= 11 is 1.60. The number of nitrogens with zero attached hydrogens (tertiary/aromatic N) is 4. The van der Waals surface area contributed by atoms with Gasteiger partial charge in [-0.15, -0.1) is 10.2 Å². The van der Waals surface area contributed by atoms with Gasteiger partial charge in [0, 0.05) is 37.5 Å². The summed E-state index contributed by atoms with van der Waals surface area (Å²) in [5.41, 5.74) is 1.85. The van der Waals surface area contributed by atoms with Gasteiger partial charge in [-0.2, -0.15) is 0 Å². The van der Waals surface area contributed by atoms with Gasteiger partial charge in [-0.1, -0.05) is 11.8 Å². The number of carbonyl (C=O) groups is 1. The Bertz CT molecular complexity index is 680. The van der Waals surface area contributed by atoms with Gasteiger partial charge in [0.15, 0.2) is 5.16 Å². The second-order valence-electron chi connectivity index (χ2n) is 5.32. The second kappa shape index (κ2) is 7.14. The van der Waals surface area contributed by atoms with E-state index >= 15 is 0 Å². The summed E-state index contributed by atoms with van der Waals surface area (Å²) in [4.78, 5) is 19.7. The molecule has 0 bridgehead atoms. The Balaban J connectivity index is 1.49. The lowest BCUT2D eigenvalue weighted by Gasteiger charge is -2.22. The molecule has 0 aliphatic carbocycles. The zero-order valence-electron chi connectivity index (χ0n) is 13.3. The van der Waals surface area contributed by atoms with Gasteiger partial charge in [0.2, 0.25) is 5.91 Å². The van der Waals surface area contributed by atoms with Crippen molar-refractivity contribution in [2.45, 2.75) is 38.0 Å². The summed E-state index contributed by atoms with van der Waals surface area (Å²) in [6.07, 6.45) is 2.52. The van der Waals surface area contributed by atoms with Crippen molar-refractivity contribution in [3.63, 3.8) is 0 Å². The molecule has 2 aromatic heterocycles. The minimum Gasteiger partial charge on any atom is -0.354 e. The van der Waals surface area contributed by atoms with Crippen LogP contribution in [0.5, 0.6) is 0 Å². The first-order valence-corrected chi connectivity index (χ1v) is 8.75. The molecule has 3 heterocycles. The number of nitrogens with one attached hydrogen (secondary N) is 3. The molecule has 0 unspecified atom stereocenters. The van der Waals surface area contributed by atoms with E-state index in [2.05, 4.69) is 42.3 Å². The lowest BCUT2D eigenvalue weighted by Crippen LogP contribution is -2.42. The average molecular weight is 335 g/mol. The van der Waals surface area contributed by atoms with Gasteiger partial charge < -0.3 is 20.2 Å². The normalized spacial score (nSPS) is 17.0. The van der Waals surface area contributed by atoms with Crippen LogP contribution in [0.2, 0.25) is 0 Å². The highest BCUT2D eigenvalue weighted by Crippen LogP contribution is 2.19. The van der Waals surface area contributed by atoms with Crippen LogP contribution in [0.3, 0.4) is 0 Å². The fourth-order valence-corrected chi connectivity index (χ4v) is 3.59. The van der Waals surface area contributed by atoms with E-state index in [-0.39, 0.29) is 11.9 Å². The standard InChI is InChI=1S/C14H21N7OS/c1-3-21-9(2)19-20-14(21)23-7-6-16-13(22)12-11-10(4-5-15-12)17-8-18-11/h8,12,15H,3-7H2,1-2H3,(H,16,22)(H,17,18)/t12-/m1/s1. The van der Waals surface area contributed by atoms with E-state index < -0.39 is 0 Å². The number of hydrogen-bond acceptors (Lipinski definition) is 6. The van der Waals surface area contributed by atoms with Gasteiger partial charge in [0.25, 0.3) is 0 Å². The Kier molecular flexibility index (Phi) is 4.97. The lowest BCUT2D eigenvalue weighted by molar-refractivity contribution is -0.123. The van der Waals surface area contributed by atoms with Crippen molar-refractivity contribution < 1.29 is 4.79 Å². The summed E-state index contributed by atoms with van der Waals surface area (Å²) in [5.74, 6) is 1.63. The van der Waals surface area contributed by atoms with Crippen molar-refractivity contribution in [3.8, 4) is 0 Å². The predicted octanol–water partition coefficient (Wildman–Crippen LogP) is 0.425. The minimum absolute atomic E-state index is 0.0354. The van der Waals surface area contributed by atoms with Crippen molar-refractivity contribution >= 4 is 17.7 Å². The minimum atomic E-state index is -0.364. The molecule has 2 aromatic rings. The highest BCUT2D eigenvalue weighted by Gasteiger charge is 2.27. The van der Waals surface area contributed by atoms with Gasteiger partial charge in [0.05, 0.1) is 12.0 Å². The molecule has 0 fully saturated rings. The largest absolute Gasteiger partial charge is 0.354 e. The summed E-state index contributed by atoms with van der Waals surface area (Å²) < 4.78 is 2.06. The monoisotopic (exact) mass is 335 g/mol. The molecule has 0 aromatic carbocycles. The number of rotatable bonds is 6. The molecule has 124 valence electrons. The highest BCUT2D eigenvalue weighted by molar-refractivity contribution is 7.99. The molecule has 0 spiro atoms. The van der Waals surface area contributed by atoms with E-state index in [1.165, 1.54) is 0 Å². The maximum Gasteiger partial charge on any atom is 0.243 e. The molecule has 0 saturated heterocycles. The Morgan fingerprint density at radius 3 is 3.22 bits per heavy atom. The molecule has 23 heavy (non-hydrogen) atoms. The Morgan fingerprint density at radius 2 is 2.39 bits per heavy atom. The van der Waals surface area contributed by atoms with Gasteiger partial charge in [-0.3, -0.25) is 4.79 Å². The Labute approximate surface area is 138 Å². The van der Waals surface area contributed by atoms with E-state index in [4.69, 9.17) is 0 Å². The van der Waals surface area contributed by atoms with Crippen LogP contribution in [0.1, 0.15) is 30.2 Å². The quantitative estimate of drug-likeness (QED) is 0.523. The molecule has 1 aliphatic rings. The number of fused-ring (bicyclic) bond motifs is 1. The van der Waals surface area contributed by atoms with Crippen LogP contribution in [0.15, 0.2) is 11.5 Å². The molecule has 0 saturated carbocycles. The van der Waals surface area contributed by atoms with E-state index in [1.807, 2.05) is 6.92 Å². The highest BCUT2D eigenvalue weighted by atomic mass is 32.2. The molecule has 9 heteroatoms. The van der Waals surface area contributed by atoms with Gasteiger partial charge >= 0.3 is 0 Å². The van der Waals surface area contributed by atoms with Gasteiger partial charge in [-0.05, 0) is 13.8 Å². The van der Waals surface area contributed by atoms with Crippen LogP contribution < -0.4 is 10.6 Å². The first-order valence-electron chi connectivity index (χ1n) is 7.76. The van der Waals surface area contributed by atoms with Crippen molar-refractivity contribution in [2.24, 2.45) is 0 Å². The van der Waals surface area contributed by atoms with Crippen molar-refractivity contribution in [1.82, 2.24) is 35.4 Å². The molecule has 1 amide bonds. The average Bonchev–Trinajstić information content (AvgIpc) is 3.17. The summed E-state index contributed by atoms with van der Waals surface area (Å²) in [6, 6.07) is -0.364. The van der Waals surface area contributed by atoms with E-state index in [9.17, 15) is 4.79 Å². The fourth-order valence-electron chi connectivity index (χ4n) is 2.69. The first-order chi connectivity index (χ1) is 11.2. The summed E-state index contributed by atoms with van der Waals surface area (Å²) in [6.45, 7) is 6.22. The van der Waals surface area contributed by atoms with Gasteiger partial charge in [0.1, 0.15) is 11.9 Å². The molecular weight excluding hydrogens is 314 g/mol. The molecule has 1 atom stereocenters. The van der Waals surface area contributed by atoms with E-state index in [0.717, 1.165) is 47.6 Å². The fraction of sp³-hybridized carbons (Fsp3) is 0.571. The van der Waals surface area contributed by atoms with Crippen LogP contribution >= 0.6 is 11.8 Å². The number of aromatic amines is 1. The number of imidazole rings is 1. The number of amides is 1. The number of H-pyrrole nitrogens is 1. The van der Waals surface area contributed by atoms with Crippen LogP contribution in [0.4, 0.5) is 0 Å². The van der Waals surface area contributed by atoms with E-state index in [1.54, 1.807) is 18.1 Å². The summed E-state index contributed by atoms with van der Waals surface area (Å²) in [7, 11) is 0. The van der Waals surface area contributed by atoms with Crippen LogP contribution in [-0.2, 0) is 17.8 Å². The molecule has 3 rings (SSSR count). The number of carbonyl (C=O) groups excluding carboxylic acids is 1. The third-order valence-corrected chi connectivity index (χ3v) is 4.83. The number of aryl methyl sites for hydroxylation is 1. The topological polar surface area (TPSA) is 101 Å². The Hall–Kier alpha value is -1.87. The maximum absolute atomic E-state index is 12.3. The molecule has 8 nitrogen and oxygen atoms in total.